The average molecular weight is 348 g/mol. The minimum Gasteiger partial charge on any atom is -0.368 e. The van der Waals surface area contributed by atoms with Crippen LogP contribution in [0.15, 0.2) is 16.8 Å². The number of anilines is 1. The first-order valence-electron chi connectivity index (χ1n) is 7.82. The molecule has 0 aromatic carbocycles. The molecular formula is C15H16N4O4S. The Hall–Kier alpha value is -2.26. The number of hydrogen-bond donors (Lipinski definition) is 1. The van der Waals surface area contributed by atoms with Crippen molar-refractivity contribution in [2.75, 3.05) is 18.5 Å². The van der Waals surface area contributed by atoms with Crippen LogP contribution < -0.4 is 5.32 Å². The third kappa shape index (κ3) is 2.92. The second-order valence-electron chi connectivity index (χ2n) is 5.73. The lowest BCUT2D eigenvalue weighted by atomic mass is 10.1. The van der Waals surface area contributed by atoms with Crippen LogP contribution in [-0.4, -0.2) is 46.1 Å². The van der Waals surface area contributed by atoms with Crippen molar-refractivity contribution in [3.63, 3.8) is 0 Å². The number of aromatic nitrogens is 2. The molecule has 0 aliphatic carbocycles. The number of thiazole rings is 1. The maximum Gasteiger partial charge on any atom is 0.292 e. The van der Waals surface area contributed by atoms with Crippen molar-refractivity contribution < 1.29 is 18.8 Å². The number of carbonyl (C=O) groups is 2. The van der Waals surface area contributed by atoms with Crippen LogP contribution in [0.4, 0.5) is 5.13 Å². The van der Waals surface area contributed by atoms with Crippen LogP contribution in [0.2, 0.25) is 0 Å². The third-order valence-electron chi connectivity index (χ3n) is 4.12. The van der Waals surface area contributed by atoms with E-state index in [1.807, 2.05) is 0 Å². The van der Waals surface area contributed by atoms with E-state index < -0.39 is 0 Å². The average Bonchev–Trinajstić information content (AvgIpc) is 3.32. The molecule has 9 heteroatoms. The van der Waals surface area contributed by atoms with Crippen molar-refractivity contribution in [3.8, 4) is 0 Å². The zero-order valence-corrected chi connectivity index (χ0v) is 13.7. The molecule has 1 unspecified atom stereocenters. The second kappa shape index (κ2) is 6.33. The molecule has 0 saturated carbocycles. The SMILES string of the molecule is O=C(Nc1nc2c(s1)CN(C(=O)c1ccno1)CC2)C1CCCO1. The number of carbonyl (C=O) groups excluding carboxylic acids is 2. The van der Waals surface area contributed by atoms with E-state index in [0.29, 0.717) is 31.2 Å². The van der Waals surface area contributed by atoms with Crippen molar-refractivity contribution in [3.05, 3.63) is 28.6 Å². The van der Waals surface area contributed by atoms with Crippen LogP contribution in [-0.2, 0) is 22.5 Å². The van der Waals surface area contributed by atoms with Gasteiger partial charge in [-0.1, -0.05) is 16.5 Å². The summed E-state index contributed by atoms with van der Waals surface area (Å²) in [6, 6.07) is 1.55. The van der Waals surface area contributed by atoms with Gasteiger partial charge in [-0.2, -0.15) is 0 Å². The van der Waals surface area contributed by atoms with Crippen molar-refractivity contribution in [1.82, 2.24) is 15.0 Å². The lowest BCUT2D eigenvalue weighted by Crippen LogP contribution is -2.35. The van der Waals surface area contributed by atoms with Gasteiger partial charge in [0.2, 0.25) is 5.76 Å². The minimum atomic E-state index is -0.379. The Morgan fingerprint density at radius 3 is 3.08 bits per heavy atom. The molecule has 1 N–H and O–H groups in total. The highest BCUT2D eigenvalue weighted by Gasteiger charge is 2.28. The van der Waals surface area contributed by atoms with Crippen LogP contribution in [0, 0.1) is 0 Å². The Bertz CT molecular complexity index is 752. The summed E-state index contributed by atoms with van der Waals surface area (Å²) in [4.78, 5) is 31.6. The predicted octanol–water partition coefficient (Wildman–Crippen LogP) is 1.45. The van der Waals surface area contributed by atoms with Crippen LogP contribution in [0.3, 0.4) is 0 Å². The van der Waals surface area contributed by atoms with Gasteiger partial charge in [-0.3, -0.25) is 14.9 Å². The van der Waals surface area contributed by atoms with Gasteiger partial charge in [0.05, 0.1) is 18.4 Å². The standard InChI is InChI=1S/C15H16N4O4S/c20-13(10-2-1-7-22-10)18-15-17-9-4-6-19(8-12(9)24-15)14(21)11-3-5-16-23-11/h3,5,10H,1-2,4,6-8H2,(H,17,18,20). The zero-order chi connectivity index (χ0) is 16.5. The van der Waals surface area contributed by atoms with Crippen molar-refractivity contribution >= 4 is 28.3 Å². The summed E-state index contributed by atoms with van der Waals surface area (Å²) >= 11 is 1.40. The molecule has 2 aliphatic heterocycles. The first-order valence-corrected chi connectivity index (χ1v) is 8.63. The quantitative estimate of drug-likeness (QED) is 0.901. The highest BCUT2D eigenvalue weighted by molar-refractivity contribution is 7.15. The fourth-order valence-electron chi connectivity index (χ4n) is 2.87. The van der Waals surface area contributed by atoms with Gasteiger partial charge in [0, 0.05) is 30.5 Å². The van der Waals surface area contributed by atoms with Crippen LogP contribution in [0.25, 0.3) is 0 Å². The first kappa shape index (κ1) is 15.3. The highest BCUT2D eigenvalue weighted by atomic mass is 32.1. The summed E-state index contributed by atoms with van der Waals surface area (Å²) in [6.07, 6.45) is 3.38. The number of nitrogens with zero attached hydrogens (tertiary/aromatic N) is 3. The summed E-state index contributed by atoms with van der Waals surface area (Å²) in [5.41, 5.74) is 0.935. The van der Waals surface area contributed by atoms with E-state index in [9.17, 15) is 9.59 Å². The molecule has 2 aromatic heterocycles. The molecule has 2 aliphatic rings. The lowest BCUT2D eigenvalue weighted by Gasteiger charge is -2.24. The Kier molecular flexibility index (Phi) is 4.03. The summed E-state index contributed by atoms with van der Waals surface area (Å²) in [5, 5.41) is 6.95. The van der Waals surface area contributed by atoms with Gasteiger partial charge in [0.15, 0.2) is 5.13 Å². The van der Waals surface area contributed by atoms with Gasteiger partial charge in [-0.15, -0.1) is 0 Å². The molecule has 24 heavy (non-hydrogen) atoms. The normalized spacial score (nSPS) is 20.0. The largest absolute Gasteiger partial charge is 0.368 e. The molecule has 0 bridgehead atoms. The Labute approximate surface area is 141 Å². The smallest absolute Gasteiger partial charge is 0.292 e. The molecule has 8 nitrogen and oxygen atoms in total. The molecule has 0 radical (unpaired) electrons. The molecule has 2 amide bonds. The summed E-state index contributed by atoms with van der Waals surface area (Å²) in [6.45, 7) is 1.66. The van der Waals surface area contributed by atoms with E-state index in [1.54, 1.807) is 11.0 Å². The number of hydrogen-bond acceptors (Lipinski definition) is 7. The number of amides is 2. The Morgan fingerprint density at radius 1 is 1.42 bits per heavy atom. The fourth-order valence-corrected chi connectivity index (χ4v) is 3.90. The fraction of sp³-hybridized carbons (Fsp3) is 0.467. The summed E-state index contributed by atoms with van der Waals surface area (Å²) in [7, 11) is 0. The number of fused-ring (bicyclic) bond motifs is 1. The van der Waals surface area contributed by atoms with Crippen molar-refractivity contribution in [1.29, 1.82) is 0 Å². The Balaban J connectivity index is 1.44. The van der Waals surface area contributed by atoms with E-state index in [0.717, 1.165) is 23.4 Å². The molecule has 1 saturated heterocycles. The van der Waals surface area contributed by atoms with Crippen LogP contribution in [0.1, 0.15) is 34.0 Å². The molecule has 4 heterocycles. The second-order valence-corrected chi connectivity index (χ2v) is 6.82. The van der Waals surface area contributed by atoms with Gasteiger partial charge in [-0.05, 0) is 12.8 Å². The lowest BCUT2D eigenvalue weighted by molar-refractivity contribution is -0.124. The van der Waals surface area contributed by atoms with Crippen LogP contribution >= 0.6 is 11.3 Å². The van der Waals surface area contributed by atoms with E-state index in [4.69, 9.17) is 9.26 Å². The van der Waals surface area contributed by atoms with Crippen molar-refractivity contribution in [2.45, 2.75) is 31.9 Å². The van der Waals surface area contributed by atoms with E-state index in [-0.39, 0.29) is 23.7 Å². The number of rotatable bonds is 3. The van der Waals surface area contributed by atoms with Gasteiger partial charge in [-0.25, -0.2) is 4.98 Å². The monoisotopic (exact) mass is 348 g/mol. The molecule has 2 aromatic rings. The molecule has 1 atom stereocenters. The first-order chi connectivity index (χ1) is 11.7. The maximum atomic E-state index is 12.3. The van der Waals surface area contributed by atoms with Gasteiger partial charge in [0.25, 0.3) is 11.8 Å². The molecule has 126 valence electrons. The van der Waals surface area contributed by atoms with Gasteiger partial charge < -0.3 is 14.2 Å². The Morgan fingerprint density at radius 2 is 2.33 bits per heavy atom. The van der Waals surface area contributed by atoms with Gasteiger partial charge >= 0.3 is 0 Å². The highest BCUT2D eigenvalue weighted by Crippen LogP contribution is 2.29. The number of nitrogens with one attached hydrogen (secondary N) is 1. The van der Waals surface area contributed by atoms with E-state index in [1.165, 1.54) is 17.5 Å². The molecule has 0 spiro atoms. The number of ether oxygens (including phenoxy) is 1. The van der Waals surface area contributed by atoms with E-state index >= 15 is 0 Å². The minimum absolute atomic E-state index is 0.145. The topological polar surface area (TPSA) is 97.6 Å². The zero-order valence-electron chi connectivity index (χ0n) is 12.9. The van der Waals surface area contributed by atoms with Crippen LogP contribution in [0.5, 0.6) is 0 Å². The molecule has 1 fully saturated rings. The maximum absolute atomic E-state index is 12.3. The molecular weight excluding hydrogens is 332 g/mol. The summed E-state index contributed by atoms with van der Waals surface area (Å²) < 4.78 is 10.3. The van der Waals surface area contributed by atoms with Crippen molar-refractivity contribution in [2.24, 2.45) is 0 Å². The summed E-state index contributed by atoms with van der Waals surface area (Å²) in [5.74, 6) is -0.0976. The van der Waals surface area contributed by atoms with Gasteiger partial charge in [0.1, 0.15) is 6.10 Å². The predicted molar refractivity (Wildman–Crippen MR) is 84.7 cm³/mol. The third-order valence-corrected chi connectivity index (χ3v) is 5.12. The van der Waals surface area contributed by atoms with E-state index in [2.05, 4.69) is 15.5 Å². The molecule has 4 rings (SSSR count).